The molecule has 5 rings (SSSR count). The van der Waals surface area contributed by atoms with Gasteiger partial charge in [-0.3, -0.25) is 14.5 Å². The number of aryl methyl sites for hydroxylation is 1. The number of fused-ring (bicyclic) bond motifs is 1. The Labute approximate surface area is 205 Å². The molecule has 7 heteroatoms. The second-order valence-electron chi connectivity index (χ2n) is 8.52. The molecule has 36 heavy (non-hydrogen) atoms. The van der Waals surface area contributed by atoms with E-state index in [4.69, 9.17) is 4.74 Å². The van der Waals surface area contributed by atoms with E-state index in [0.717, 1.165) is 27.8 Å². The van der Waals surface area contributed by atoms with Gasteiger partial charge in [0.15, 0.2) is 11.6 Å². The van der Waals surface area contributed by atoms with Crippen molar-refractivity contribution >= 4 is 33.9 Å². The van der Waals surface area contributed by atoms with Crippen LogP contribution in [0.1, 0.15) is 22.7 Å². The SMILES string of the molecule is COc1ccc(/C(O)=C2\C(=O)C(=O)N(c3ccc(F)c(F)c3)C2c2cccc3ccccc23)c(C)c1. The number of benzene rings is 4. The predicted octanol–water partition coefficient (Wildman–Crippen LogP) is 6.06. The Morgan fingerprint density at radius 2 is 1.67 bits per heavy atom. The Kier molecular flexibility index (Phi) is 5.76. The summed E-state index contributed by atoms with van der Waals surface area (Å²) >= 11 is 0. The molecule has 1 aliphatic rings. The first-order valence-electron chi connectivity index (χ1n) is 11.2. The zero-order valence-corrected chi connectivity index (χ0v) is 19.5. The van der Waals surface area contributed by atoms with E-state index in [0.29, 0.717) is 22.4 Å². The third-order valence-electron chi connectivity index (χ3n) is 6.43. The number of aliphatic hydroxyl groups excluding tert-OH is 1. The molecular weight excluding hydrogens is 464 g/mol. The molecule has 0 radical (unpaired) electrons. The fourth-order valence-electron chi connectivity index (χ4n) is 4.69. The van der Waals surface area contributed by atoms with E-state index in [-0.39, 0.29) is 17.0 Å². The number of nitrogens with zero attached hydrogens (tertiary/aromatic N) is 1. The highest BCUT2D eigenvalue weighted by Crippen LogP contribution is 2.44. The van der Waals surface area contributed by atoms with Crippen molar-refractivity contribution in [3.05, 3.63) is 113 Å². The summed E-state index contributed by atoms with van der Waals surface area (Å²) < 4.78 is 33.2. The van der Waals surface area contributed by atoms with Gasteiger partial charge in [-0.15, -0.1) is 0 Å². The fourth-order valence-corrected chi connectivity index (χ4v) is 4.69. The maximum atomic E-state index is 14.2. The summed E-state index contributed by atoms with van der Waals surface area (Å²) in [5, 5.41) is 13.0. The lowest BCUT2D eigenvalue weighted by molar-refractivity contribution is -0.132. The second kappa shape index (κ2) is 8.92. The van der Waals surface area contributed by atoms with Crippen molar-refractivity contribution in [2.24, 2.45) is 0 Å². The number of carbonyl (C=O) groups is 2. The quantitative estimate of drug-likeness (QED) is 0.217. The smallest absolute Gasteiger partial charge is 0.300 e. The number of rotatable bonds is 4. The predicted molar refractivity (Wildman–Crippen MR) is 133 cm³/mol. The summed E-state index contributed by atoms with van der Waals surface area (Å²) in [4.78, 5) is 27.9. The molecule has 0 spiro atoms. The van der Waals surface area contributed by atoms with Crippen LogP contribution in [0.2, 0.25) is 0 Å². The Hall–Kier alpha value is -4.52. The minimum atomic E-state index is -1.16. The van der Waals surface area contributed by atoms with Crippen LogP contribution in [-0.4, -0.2) is 23.9 Å². The lowest BCUT2D eigenvalue weighted by Gasteiger charge is -2.26. The molecular formula is C29H21F2NO4. The van der Waals surface area contributed by atoms with E-state index < -0.39 is 29.4 Å². The van der Waals surface area contributed by atoms with Crippen LogP contribution in [0.3, 0.4) is 0 Å². The maximum Gasteiger partial charge on any atom is 0.300 e. The molecule has 1 N–H and O–H groups in total. The van der Waals surface area contributed by atoms with Crippen LogP contribution in [0.15, 0.2) is 84.4 Å². The normalized spacial score (nSPS) is 17.1. The molecule has 0 bridgehead atoms. The van der Waals surface area contributed by atoms with Gasteiger partial charge in [0.2, 0.25) is 0 Å². The molecule has 1 aliphatic heterocycles. The highest BCUT2D eigenvalue weighted by Gasteiger charge is 2.47. The number of carbonyl (C=O) groups excluding carboxylic acids is 2. The van der Waals surface area contributed by atoms with Gasteiger partial charge in [-0.1, -0.05) is 42.5 Å². The van der Waals surface area contributed by atoms with Crippen LogP contribution >= 0.6 is 0 Å². The highest BCUT2D eigenvalue weighted by molar-refractivity contribution is 6.52. The van der Waals surface area contributed by atoms with Crippen molar-refractivity contribution in [2.75, 3.05) is 12.0 Å². The van der Waals surface area contributed by atoms with Crippen LogP contribution in [0.4, 0.5) is 14.5 Å². The van der Waals surface area contributed by atoms with E-state index in [2.05, 4.69) is 0 Å². The summed E-state index contributed by atoms with van der Waals surface area (Å²) in [6.07, 6.45) is 0. The van der Waals surface area contributed by atoms with E-state index >= 15 is 0 Å². The van der Waals surface area contributed by atoms with Crippen molar-refractivity contribution in [3.63, 3.8) is 0 Å². The number of hydrogen-bond acceptors (Lipinski definition) is 4. The number of ether oxygens (including phenoxy) is 1. The minimum Gasteiger partial charge on any atom is -0.507 e. The van der Waals surface area contributed by atoms with Gasteiger partial charge < -0.3 is 9.84 Å². The lowest BCUT2D eigenvalue weighted by Crippen LogP contribution is -2.29. The standard InChI is InChI=1S/C29H21F2NO4/c1-16-14-19(36-2)11-12-20(16)27(33)25-26(22-9-5-7-17-6-3-4-8-21(17)22)32(29(35)28(25)34)18-10-13-23(30)24(31)15-18/h3-15,26,33H,1-2H3/b27-25+. The van der Waals surface area contributed by atoms with Gasteiger partial charge in [0.1, 0.15) is 11.5 Å². The van der Waals surface area contributed by atoms with Crippen LogP contribution in [0.25, 0.3) is 16.5 Å². The summed E-state index contributed by atoms with van der Waals surface area (Å²) in [6.45, 7) is 1.75. The topological polar surface area (TPSA) is 66.8 Å². The van der Waals surface area contributed by atoms with Crippen molar-refractivity contribution in [2.45, 2.75) is 13.0 Å². The monoisotopic (exact) mass is 485 g/mol. The maximum absolute atomic E-state index is 14.2. The van der Waals surface area contributed by atoms with Gasteiger partial charge in [-0.2, -0.15) is 0 Å². The molecule has 0 aromatic heterocycles. The van der Waals surface area contributed by atoms with Gasteiger partial charge in [0.05, 0.1) is 18.7 Å². The Morgan fingerprint density at radius 1 is 0.917 bits per heavy atom. The number of amides is 1. The Balaban J connectivity index is 1.81. The molecule has 5 nitrogen and oxygen atoms in total. The number of anilines is 1. The molecule has 1 unspecified atom stereocenters. The van der Waals surface area contributed by atoms with E-state index in [1.165, 1.54) is 13.2 Å². The molecule has 1 fully saturated rings. The van der Waals surface area contributed by atoms with E-state index in [9.17, 15) is 23.5 Å². The first-order valence-corrected chi connectivity index (χ1v) is 11.2. The number of halogens is 2. The zero-order valence-electron chi connectivity index (χ0n) is 19.5. The van der Waals surface area contributed by atoms with Gasteiger partial charge in [0, 0.05) is 17.3 Å². The largest absolute Gasteiger partial charge is 0.507 e. The average molecular weight is 485 g/mol. The van der Waals surface area contributed by atoms with Crippen LogP contribution < -0.4 is 9.64 Å². The second-order valence-corrected chi connectivity index (χ2v) is 8.52. The molecule has 4 aromatic carbocycles. The van der Waals surface area contributed by atoms with Crippen LogP contribution in [0.5, 0.6) is 5.75 Å². The fraction of sp³-hybridized carbons (Fsp3) is 0.103. The van der Waals surface area contributed by atoms with Crippen molar-refractivity contribution < 1.29 is 28.2 Å². The van der Waals surface area contributed by atoms with E-state index in [1.807, 2.05) is 30.3 Å². The number of ketones is 1. The van der Waals surface area contributed by atoms with E-state index in [1.54, 1.807) is 37.3 Å². The summed E-state index contributed by atoms with van der Waals surface area (Å²) in [5.74, 6) is -3.91. The van der Waals surface area contributed by atoms with Crippen molar-refractivity contribution in [3.8, 4) is 5.75 Å². The summed E-state index contributed by atoms with van der Waals surface area (Å²) in [7, 11) is 1.52. The summed E-state index contributed by atoms with van der Waals surface area (Å²) in [5.41, 5.74) is 1.39. The number of aliphatic hydroxyl groups is 1. The molecule has 1 saturated heterocycles. The Morgan fingerprint density at radius 3 is 2.39 bits per heavy atom. The summed E-state index contributed by atoms with van der Waals surface area (Å²) in [6, 6.07) is 19.7. The number of methoxy groups -OCH3 is 1. The van der Waals surface area contributed by atoms with Crippen LogP contribution in [-0.2, 0) is 9.59 Å². The molecule has 1 amide bonds. The number of hydrogen-bond donors (Lipinski definition) is 1. The van der Waals surface area contributed by atoms with Crippen LogP contribution in [0, 0.1) is 18.6 Å². The van der Waals surface area contributed by atoms with Gasteiger partial charge in [-0.05, 0) is 59.2 Å². The highest BCUT2D eigenvalue weighted by atomic mass is 19.2. The molecule has 180 valence electrons. The van der Waals surface area contributed by atoms with Gasteiger partial charge in [-0.25, -0.2) is 8.78 Å². The lowest BCUT2D eigenvalue weighted by atomic mass is 9.90. The molecule has 0 aliphatic carbocycles. The minimum absolute atomic E-state index is 0.000521. The first kappa shape index (κ1) is 23.2. The molecule has 0 saturated carbocycles. The van der Waals surface area contributed by atoms with Gasteiger partial charge in [0.25, 0.3) is 11.7 Å². The average Bonchev–Trinajstić information content (AvgIpc) is 3.15. The third kappa shape index (κ3) is 3.69. The Bertz CT molecular complexity index is 1570. The van der Waals surface area contributed by atoms with Crippen molar-refractivity contribution in [1.29, 1.82) is 0 Å². The first-order chi connectivity index (χ1) is 17.3. The van der Waals surface area contributed by atoms with Crippen molar-refractivity contribution in [1.82, 2.24) is 0 Å². The molecule has 1 atom stereocenters. The third-order valence-corrected chi connectivity index (χ3v) is 6.43. The molecule has 1 heterocycles. The molecule has 4 aromatic rings. The van der Waals surface area contributed by atoms with Gasteiger partial charge >= 0.3 is 0 Å². The number of Topliss-reactive ketones (excluding diaryl/α,β-unsaturated/α-hetero) is 1. The zero-order chi connectivity index (χ0) is 25.6.